The molecular weight excluding hydrogens is 312 g/mol. The minimum atomic E-state index is -0.742. The molecule has 0 spiro atoms. The average Bonchev–Trinajstić information content (AvgIpc) is 2.39. The molecule has 0 N–H and O–H groups in total. The zero-order valence-electron chi connectivity index (χ0n) is 9.80. The normalized spacial score (nSPS) is 10.0. The molecule has 11 heteroatoms. The number of thiocarbonyl (C=S) groups is 1. The molecule has 0 radical (unpaired) electrons. The van der Waals surface area contributed by atoms with Crippen molar-refractivity contribution in [3.8, 4) is 0 Å². The second kappa shape index (κ2) is 6.63. The molecule has 0 bridgehead atoms. The van der Waals surface area contributed by atoms with Crippen molar-refractivity contribution in [3.63, 3.8) is 0 Å². The van der Waals surface area contributed by atoms with E-state index in [4.69, 9.17) is 12.2 Å². The van der Waals surface area contributed by atoms with Gasteiger partial charge in [0.15, 0.2) is 10.7 Å². The Morgan fingerprint density at radius 3 is 2.32 bits per heavy atom. The van der Waals surface area contributed by atoms with E-state index in [2.05, 4.69) is 4.98 Å². The molecule has 0 unspecified atom stereocenters. The van der Waals surface area contributed by atoms with Crippen LogP contribution in [0.4, 0.5) is 11.4 Å². The summed E-state index contributed by atoms with van der Waals surface area (Å²) in [7, 11) is 0. The van der Waals surface area contributed by atoms with E-state index in [-0.39, 0.29) is 10.7 Å². The SMILES string of the molecule is CSN(SC)C(=S)c1ncc([N+](=O)[O-])cc1[N+](=O)[O-]. The van der Waals surface area contributed by atoms with Gasteiger partial charge in [-0.05, 0) is 23.9 Å². The van der Waals surface area contributed by atoms with Gasteiger partial charge in [0.05, 0.1) is 15.9 Å². The van der Waals surface area contributed by atoms with Gasteiger partial charge >= 0.3 is 5.69 Å². The third-order valence-electron chi connectivity index (χ3n) is 1.96. The van der Waals surface area contributed by atoms with E-state index in [1.165, 1.54) is 23.9 Å². The van der Waals surface area contributed by atoms with E-state index in [0.29, 0.717) is 0 Å². The van der Waals surface area contributed by atoms with Crippen LogP contribution in [0.15, 0.2) is 12.3 Å². The summed E-state index contributed by atoms with van der Waals surface area (Å²) < 4.78 is 1.55. The number of hydrogen-bond donors (Lipinski definition) is 0. The molecule has 0 aromatic carbocycles. The summed E-state index contributed by atoms with van der Waals surface area (Å²) >= 11 is 7.63. The molecule has 19 heavy (non-hydrogen) atoms. The molecule has 1 heterocycles. The van der Waals surface area contributed by atoms with Gasteiger partial charge in [0, 0.05) is 12.5 Å². The Bertz CT molecular complexity index is 535. The molecule has 0 aliphatic carbocycles. The standard InChI is InChI=1S/C8H8N4O4S3/c1-18-12(19-2)8(17)7-6(11(15)16)3-5(4-9-7)10(13)14/h3-4H,1-2H3. The van der Waals surface area contributed by atoms with Gasteiger partial charge in [0.2, 0.25) is 0 Å². The van der Waals surface area contributed by atoms with Gasteiger partial charge in [0.25, 0.3) is 5.69 Å². The van der Waals surface area contributed by atoms with E-state index < -0.39 is 21.2 Å². The number of pyridine rings is 1. The van der Waals surface area contributed by atoms with Crippen LogP contribution < -0.4 is 0 Å². The number of rotatable bonds is 5. The predicted octanol–water partition coefficient (Wildman–Crippen LogP) is 2.43. The summed E-state index contributed by atoms with van der Waals surface area (Å²) in [6.07, 6.45) is 4.45. The lowest BCUT2D eigenvalue weighted by Crippen LogP contribution is -2.18. The Labute approximate surface area is 122 Å². The second-order valence-corrected chi connectivity index (χ2v) is 5.08. The minimum Gasteiger partial charge on any atom is -0.258 e. The molecule has 1 rings (SSSR count). The van der Waals surface area contributed by atoms with Crippen molar-refractivity contribution in [3.05, 3.63) is 38.2 Å². The highest BCUT2D eigenvalue weighted by molar-refractivity contribution is 8.13. The summed E-state index contributed by atoms with van der Waals surface area (Å²) in [6, 6.07) is 0.855. The van der Waals surface area contributed by atoms with Crippen LogP contribution in [0.2, 0.25) is 0 Å². The minimum absolute atomic E-state index is 0.0608. The van der Waals surface area contributed by atoms with E-state index in [0.717, 1.165) is 12.3 Å². The largest absolute Gasteiger partial charge is 0.304 e. The zero-order valence-corrected chi connectivity index (χ0v) is 12.3. The Kier molecular flexibility index (Phi) is 5.44. The lowest BCUT2D eigenvalue weighted by molar-refractivity contribution is -0.394. The van der Waals surface area contributed by atoms with Crippen LogP contribution in [-0.4, -0.2) is 36.0 Å². The van der Waals surface area contributed by atoms with Crippen molar-refractivity contribution in [2.45, 2.75) is 0 Å². The third-order valence-corrected chi connectivity index (χ3v) is 4.49. The molecule has 1 aromatic rings. The molecule has 0 aliphatic heterocycles. The number of nitrogens with zero attached hydrogens (tertiary/aromatic N) is 4. The molecule has 0 amide bonds. The van der Waals surface area contributed by atoms with E-state index in [1.54, 1.807) is 16.2 Å². The van der Waals surface area contributed by atoms with Crippen LogP contribution in [0, 0.1) is 20.2 Å². The first-order valence-electron chi connectivity index (χ1n) is 4.63. The second-order valence-electron chi connectivity index (χ2n) is 3.00. The first-order chi connectivity index (χ1) is 8.92. The number of aromatic nitrogens is 1. The van der Waals surface area contributed by atoms with Crippen LogP contribution in [0.25, 0.3) is 0 Å². The van der Waals surface area contributed by atoms with Gasteiger partial charge in [-0.1, -0.05) is 12.2 Å². The molecular formula is C8H8N4O4S3. The zero-order chi connectivity index (χ0) is 14.6. The lowest BCUT2D eigenvalue weighted by atomic mass is 10.3. The first kappa shape index (κ1) is 15.6. The van der Waals surface area contributed by atoms with Gasteiger partial charge in [-0.3, -0.25) is 20.2 Å². The molecule has 0 fully saturated rings. The van der Waals surface area contributed by atoms with Crippen LogP contribution in [0.3, 0.4) is 0 Å². The molecule has 0 atom stereocenters. The third kappa shape index (κ3) is 3.52. The highest BCUT2D eigenvalue weighted by Crippen LogP contribution is 2.28. The Balaban J connectivity index is 3.31. The van der Waals surface area contributed by atoms with Gasteiger partial charge in [-0.25, -0.2) is 8.69 Å². The predicted molar refractivity (Wildman–Crippen MR) is 78.1 cm³/mol. The summed E-state index contributed by atoms with van der Waals surface area (Å²) in [5, 5.41) is 21.5. The fourth-order valence-corrected chi connectivity index (χ4v) is 2.88. The summed E-state index contributed by atoms with van der Waals surface area (Å²) in [4.78, 5) is 24.0. The van der Waals surface area contributed by atoms with Gasteiger partial charge in [-0.2, -0.15) is 0 Å². The first-order valence-corrected chi connectivity index (χ1v) is 7.41. The van der Waals surface area contributed by atoms with Crippen LogP contribution in [-0.2, 0) is 0 Å². The molecule has 0 aliphatic rings. The van der Waals surface area contributed by atoms with E-state index >= 15 is 0 Å². The fraction of sp³-hybridized carbons (Fsp3) is 0.250. The maximum Gasteiger partial charge on any atom is 0.304 e. The summed E-state index contributed by atoms with van der Waals surface area (Å²) in [6.45, 7) is 0. The fourth-order valence-electron chi connectivity index (χ4n) is 1.17. The van der Waals surface area contributed by atoms with Crippen molar-refractivity contribution < 1.29 is 9.85 Å². The maximum atomic E-state index is 11.0. The average molecular weight is 320 g/mol. The van der Waals surface area contributed by atoms with Crippen molar-refractivity contribution in [2.24, 2.45) is 0 Å². The Morgan fingerprint density at radius 2 is 1.89 bits per heavy atom. The van der Waals surface area contributed by atoms with Crippen molar-refractivity contribution >= 4 is 52.5 Å². The van der Waals surface area contributed by atoms with Crippen molar-refractivity contribution in [1.82, 2.24) is 8.69 Å². The summed E-state index contributed by atoms with van der Waals surface area (Å²) in [5.74, 6) is 0. The molecule has 1 aromatic heterocycles. The Hall–Kier alpha value is -1.46. The highest BCUT2D eigenvalue weighted by Gasteiger charge is 2.26. The molecule has 8 nitrogen and oxygen atoms in total. The van der Waals surface area contributed by atoms with Gasteiger partial charge in [-0.15, -0.1) is 0 Å². The van der Waals surface area contributed by atoms with Gasteiger partial charge < -0.3 is 0 Å². The molecule has 0 saturated heterocycles. The van der Waals surface area contributed by atoms with E-state index in [1.807, 2.05) is 0 Å². The lowest BCUT2D eigenvalue weighted by Gasteiger charge is -2.17. The topological polar surface area (TPSA) is 102 Å². The smallest absolute Gasteiger partial charge is 0.258 e. The quantitative estimate of drug-likeness (QED) is 0.350. The van der Waals surface area contributed by atoms with Crippen LogP contribution in [0.5, 0.6) is 0 Å². The maximum absolute atomic E-state index is 11.0. The van der Waals surface area contributed by atoms with Gasteiger partial charge in [0.1, 0.15) is 6.20 Å². The Morgan fingerprint density at radius 1 is 1.32 bits per heavy atom. The molecule has 0 saturated carbocycles. The van der Waals surface area contributed by atoms with Crippen molar-refractivity contribution in [2.75, 3.05) is 12.5 Å². The van der Waals surface area contributed by atoms with Crippen molar-refractivity contribution in [1.29, 1.82) is 0 Å². The molecule has 102 valence electrons. The van der Waals surface area contributed by atoms with Crippen LogP contribution >= 0.6 is 36.1 Å². The van der Waals surface area contributed by atoms with E-state index in [9.17, 15) is 20.2 Å². The number of nitro groups is 2. The van der Waals surface area contributed by atoms with Crippen LogP contribution in [0.1, 0.15) is 5.69 Å². The monoisotopic (exact) mass is 320 g/mol. The number of hydrogen-bond acceptors (Lipinski definition) is 8. The highest BCUT2D eigenvalue weighted by atomic mass is 32.2. The summed E-state index contributed by atoms with van der Waals surface area (Å²) in [5.41, 5.74) is -0.986.